The molecule has 0 aliphatic carbocycles. The van der Waals surface area contributed by atoms with E-state index in [9.17, 15) is 20.1 Å². The molecular formula is C15H18O7. The Morgan fingerprint density at radius 1 is 1.18 bits per heavy atom. The van der Waals surface area contributed by atoms with E-state index in [-0.39, 0.29) is 0 Å². The first-order valence-electron chi connectivity index (χ1n) is 6.77. The Labute approximate surface area is 127 Å². The molecule has 1 unspecified atom stereocenters. The predicted molar refractivity (Wildman–Crippen MR) is 75.3 cm³/mol. The zero-order chi connectivity index (χ0) is 16.1. The molecule has 5 atom stereocenters. The lowest BCUT2D eigenvalue weighted by molar-refractivity contribution is -0.289. The number of rotatable bonds is 4. The first kappa shape index (κ1) is 16.6. The van der Waals surface area contributed by atoms with E-state index in [1.807, 2.05) is 6.07 Å². The van der Waals surface area contributed by atoms with Crippen LogP contribution < -0.4 is 0 Å². The van der Waals surface area contributed by atoms with Crippen molar-refractivity contribution in [1.29, 1.82) is 0 Å². The van der Waals surface area contributed by atoms with Crippen LogP contribution in [-0.2, 0) is 14.3 Å². The minimum absolute atomic E-state index is 0.580. The fourth-order valence-corrected chi connectivity index (χ4v) is 2.10. The van der Waals surface area contributed by atoms with Crippen molar-refractivity contribution in [3.05, 3.63) is 42.0 Å². The monoisotopic (exact) mass is 310 g/mol. The van der Waals surface area contributed by atoms with Crippen molar-refractivity contribution >= 4 is 12.0 Å². The summed E-state index contributed by atoms with van der Waals surface area (Å²) in [4.78, 5) is 11.7. The standard InChI is InChI=1S/C15H18O7/c16-8-10-12(18)13(19)14(15(20)21-10)22-11(17)7-6-9-4-2-1-3-5-9/h1-7,10,12-16,18-20H,8H2/b7-6+/t10-,12-,13+,14-,15?/m1/s1. The van der Waals surface area contributed by atoms with Gasteiger partial charge in [-0.1, -0.05) is 30.3 Å². The van der Waals surface area contributed by atoms with E-state index in [2.05, 4.69) is 0 Å². The molecule has 0 amide bonds. The van der Waals surface area contributed by atoms with Gasteiger partial charge in [-0.3, -0.25) is 0 Å². The summed E-state index contributed by atoms with van der Waals surface area (Å²) in [5.74, 6) is -0.801. The molecule has 7 nitrogen and oxygen atoms in total. The molecule has 0 aromatic heterocycles. The second-order valence-electron chi connectivity index (χ2n) is 4.87. The zero-order valence-electron chi connectivity index (χ0n) is 11.6. The van der Waals surface area contributed by atoms with Crippen molar-refractivity contribution in [2.45, 2.75) is 30.7 Å². The minimum atomic E-state index is -1.63. The molecule has 4 N–H and O–H groups in total. The predicted octanol–water partition coefficient (Wildman–Crippen LogP) is -0.957. The number of esters is 1. The van der Waals surface area contributed by atoms with Crippen LogP contribution in [0, 0.1) is 0 Å². The summed E-state index contributed by atoms with van der Waals surface area (Å²) in [7, 11) is 0. The molecule has 1 aromatic carbocycles. The quantitative estimate of drug-likeness (QED) is 0.418. The van der Waals surface area contributed by atoms with E-state index in [1.165, 1.54) is 6.08 Å². The van der Waals surface area contributed by atoms with Crippen LogP contribution >= 0.6 is 0 Å². The molecule has 0 bridgehead atoms. The maximum Gasteiger partial charge on any atom is 0.331 e. The van der Waals surface area contributed by atoms with Crippen LogP contribution in [0.5, 0.6) is 0 Å². The van der Waals surface area contributed by atoms with Gasteiger partial charge in [-0.15, -0.1) is 0 Å². The van der Waals surface area contributed by atoms with Crippen LogP contribution in [0.1, 0.15) is 5.56 Å². The average Bonchev–Trinajstić information content (AvgIpc) is 2.54. The Kier molecular flexibility index (Phi) is 5.64. The fourth-order valence-electron chi connectivity index (χ4n) is 2.10. The molecule has 1 aliphatic rings. The van der Waals surface area contributed by atoms with Crippen molar-refractivity contribution in [2.24, 2.45) is 0 Å². The molecule has 2 rings (SSSR count). The largest absolute Gasteiger partial charge is 0.451 e. The van der Waals surface area contributed by atoms with Gasteiger partial charge in [0, 0.05) is 6.08 Å². The summed E-state index contributed by atoms with van der Waals surface area (Å²) in [5, 5.41) is 38.2. The highest BCUT2D eigenvalue weighted by Gasteiger charge is 2.45. The topological polar surface area (TPSA) is 116 Å². The van der Waals surface area contributed by atoms with Crippen LogP contribution in [0.4, 0.5) is 0 Å². The Balaban J connectivity index is 1.97. The number of aliphatic hydroxyl groups excluding tert-OH is 4. The lowest BCUT2D eigenvalue weighted by atomic mass is 9.99. The Morgan fingerprint density at radius 3 is 2.50 bits per heavy atom. The lowest BCUT2D eigenvalue weighted by Gasteiger charge is -2.39. The zero-order valence-corrected chi connectivity index (χ0v) is 11.6. The molecule has 1 aliphatic heterocycles. The SMILES string of the molecule is O=C(/C=C/c1ccccc1)O[C@H]1C(O)O[C@H](CO)[C@@H](O)[C@@H]1O. The summed E-state index contributed by atoms with van der Waals surface area (Å²) >= 11 is 0. The van der Waals surface area contributed by atoms with Gasteiger partial charge >= 0.3 is 5.97 Å². The fraction of sp³-hybridized carbons (Fsp3) is 0.400. The summed E-state index contributed by atoms with van der Waals surface area (Å²) in [5.41, 5.74) is 0.779. The van der Waals surface area contributed by atoms with E-state index in [1.54, 1.807) is 24.3 Å². The highest BCUT2D eigenvalue weighted by molar-refractivity contribution is 5.87. The van der Waals surface area contributed by atoms with Gasteiger partial charge < -0.3 is 29.9 Å². The van der Waals surface area contributed by atoms with Crippen molar-refractivity contribution < 1.29 is 34.7 Å². The molecule has 1 fully saturated rings. The second kappa shape index (κ2) is 7.48. The first-order chi connectivity index (χ1) is 10.5. The maximum atomic E-state index is 11.7. The smallest absolute Gasteiger partial charge is 0.331 e. The highest BCUT2D eigenvalue weighted by atomic mass is 16.7. The Hall–Kier alpha value is -1.77. The number of carbonyl (C=O) groups excluding carboxylic acids is 1. The number of ether oxygens (including phenoxy) is 2. The number of carbonyl (C=O) groups is 1. The number of aliphatic hydroxyl groups is 4. The molecule has 120 valence electrons. The van der Waals surface area contributed by atoms with E-state index in [4.69, 9.17) is 14.6 Å². The first-order valence-corrected chi connectivity index (χ1v) is 6.77. The average molecular weight is 310 g/mol. The van der Waals surface area contributed by atoms with Gasteiger partial charge in [-0.2, -0.15) is 0 Å². The Morgan fingerprint density at radius 2 is 1.86 bits per heavy atom. The molecule has 0 spiro atoms. The van der Waals surface area contributed by atoms with Crippen molar-refractivity contribution in [3.8, 4) is 0 Å². The van der Waals surface area contributed by atoms with Gasteiger partial charge in [0.2, 0.25) is 0 Å². The van der Waals surface area contributed by atoms with Gasteiger partial charge in [0.25, 0.3) is 0 Å². The lowest BCUT2D eigenvalue weighted by Crippen LogP contribution is -2.59. The number of hydrogen-bond donors (Lipinski definition) is 4. The van der Waals surface area contributed by atoms with Gasteiger partial charge in [0.15, 0.2) is 12.4 Å². The minimum Gasteiger partial charge on any atom is -0.451 e. The maximum absolute atomic E-state index is 11.7. The third kappa shape index (κ3) is 3.90. The summed E-state index contributed by atoms with van der Waals surface area (Å²) in [6.07, 6.45) is -4.59. The molecular weight excluding hydrogens is 292 g/mol. The van der Waals surface area contributed by atoms with E-state index >= 15 is 0 Å². The van der Waals surface area contributed by atoms with Crippen molar-refractivity contribution in [3.63, 3.8) is 0 Å². The summed E-state index contributed by atoms with van der Waals surface area (Å²) in [6, 6.07) is 9.01. The normalized spacial score (nSPS) is 32.1. The van der Waals surface area contributed by atoms with Crippen molar-refractivity contribution in [1.82, 2.24) is 0 Å². The van der Waals surface area contributed by atoms with Crippen LogP contribution in [-0.4, -0.2) is 63.7 Å². The van der Waals surface area contributed by atoms with Gasteiger partial charge in [-0.25, -0.2) is 4.79 Å². The molecule has 7 heteroatoms. The third-order valence-corrected chi connectivity index (χ3v) is 3.31. The molecule has 0 radical (unpaired) electrons. The van der Waals surface area contributed by atoms with E-state index in [0.29, 0.717) is 0 Å². The molecule has 1 aromatic rings. The summed E-state index contributed by atoms with van der Waals surface area (Å²) in [6.45, 7) is -0.580. The van der Waals surface area contributed by atoms with Gasteiger partial charge in [0.05, 0.1) is 6.61 Å². The van der Waals surface area contributed by atoms with E-state index < -0.39 is 43.3 Å². The number of benzene rings is 1. The van der Waals surface area contributed by atoms with Crippen LogP contribution in [0.15, 0.2) is 36.4 Å². The molecule has 22 heavy (non-hydrogen) atoms. The Bertz CT molecular complexity index is 516. The van der Waals surface area contributed by atoms with Gasteiger partial charge in [0.1, 0.15) is 18.3 Å². The molecule has 0 saturated carbocycles. The molecule has 1 heterocycles. The summed E-state index contributed by atoms with van der Waals surface area (Å²) < 4.78 is 9.80. The van der Waals surface area contributed by atoms with Gasteiger partial charge in [-0.05, 0) is 11.6 Å². The highest BCUT2D eigenvalue weighted by Crippen LogP contribution is 2.22. The third-order valence-electron chi connectivity index (χ3n) is 3.31. The van der Waals surface area contributed by atoms with E-state index in [0.717, 1.165) is 11.6 Å². The van der Waals surface area contributed by atoms with Crippen LogP contribution in [0.2, 0.25) is 0 Å². The van der Waals surface area contributed by atoms with Crippen LogP contribution in [0.25, 0.3) is 6.08 Å². The van der Waals surface area contributed by atoms with Crippen molar-refractivity contribution in [2.75, 3.05) is 6.61 Å². The second-order valence-corrected chi connectivity index (χ2v) is 4.87. The number of hydrogen-bond acceptors (Lipinski definition) is 7. The van der Waals surface area contributed by atoms with Crippen LogP contribution in [0.3, 0.4) is 0 Å². The molecule has 1 saturated heterocycles.